The largest absolute Gasteiger partial charge is 0.573 e. The Morgan fingerprint density at radius 3 is 1.49 bits per heavy atom. The van der Waals surface area contributed by atoms with E-state index in [1.54, 1.807) is 0 Å². The molecule has 214 valence electrons. The van der Waals surface area contributed by atoms with Gasteiger partial charge in [-0.05, 0) is 47.0 Å². The third-order valence-electron chi connectivity index (χ3n) is 5.82. The summed E-state index contributed by atoms with van der Waals surface area (Å²) in [6.07, 6.45) is -5.36. The van der Waals surface area contributed by atoms with Crippen LogP contribution >= 0.6 is 0 Å². The first-order valence-electron chi connectivity index (χ1n) is 11.5. The highest BCUT2D eigenvalue weighted by Crippen LogP contribution is 2.36. The molecule has 0 saturated carbocycles. The fraction of sp³-hybridized carbons (Fsp3) is 0.103. The fourth-order valence-electron chi connectivity index (χ4n) is 3.99. The molecule has 12 heteroatoms. The molecule has 0 N–H and O–H groups in total. The highest BCUT2D eigenvalue weighted by atomic mass is 19.4. The topological polar surface area (TPSA) is 18.5 Å². The van der Waals surface area contributed by atoms with Crippen molar-refractivity contribution in [3.63, 3.8) is 0 Å². The molecule has 0 aromatic heterocycles. The lowest BCUT2D eigenvalue weighted by molar-refractivity contribution is -0.276. The van der Waals surface area contributed by atoms with Crippen LogP contribution in [0.5, 0.6) is 5.75 Å². The number of ether oxygens (including phenoxy) is 2. The molecule has 0 atom stereocenters. The molecule has 0 amide bonds. The number of methoxy groups -OCH3 is 1. The van der Waals surface area contributed by atoms with Crippen LogP contribution in [0.15, 0.2) is 72.6 Å². The molecule has 0 aliphatic rings. The van der Waals surface area contributed by atoms with E-state index in [-0.39, 0.29) is 22.3 Å². The van der Waals surface area contributed by atoms with Crippen molar-refractivity contribution in [3.05, 3.63) is 107 Å². The summed E-state index contributed by atoms with van der Waals surface area (Å²) in [5, 5.41) is 0. The number of hydrogen-bond acceptors (Lipinski definition) is 2. The fourth-order valence-corrected chi connectivity index (χ4v) is 3.99. The number of halogens is 10. The lowest BCUT2D eigenvalue weighted by atomic mass is 9.96. The molecule has 0 spiro atoms. The van der Waals surface area contributed by atoms with Crippen molar-refractivity contribution in [2.24, 2.45) is 0 Å². The minimum Gasteiger partial charge on any atom is -0.399 e. The summed E-state index contributed by atoms with van der Waals surface area (Å²) >= 11 is 0. The second kappa shape index (κ2) is 11.7. The second-order valence-electron chi connectivity index (χ2n) is 8.55. The molecular weight excluding hydrogens is 570 g/mol. The molecule has 2 nitrogen and oxygen atoms in total. The first-order chi connectivity index (χ1) is 19.3. The van der Waals surface area contributed by atoms with Gasteiger partial charge in [0.1, 0.15) is 24.1 Å². The van der Waals surface area contributed by atoms with Crippen LogP contribution in [0, 0.1) is 29.1 Å². The van der Waals surface area contributed by atoms with Crippen molar-refractivity contribution in [3.8, 4) is 39.1 Å². The van der Waals surface area contributed by atoms with Crippen molar-refractivity contribution in [2.45, 2.75) is 6.36 Å². The Hall–Kier alpha value is -4.32. The molecule has 0 heterocycles. The van der Waals surface area contributed by atoms with Crippen LogP contribution in [0.25, 0.3) is 39.2 Å². The SMILES string of the molecule is COC/C(F)=C(\F)c1ccc(-c2ccc(-c3ccc(-c4cc(F)c(OC(F)(F)F)c(F)c4)c(F)c3)c(F)c2)c(F)c1. The molecular formula is C29H16F10O2. The third kappa shape index (κ3) is 6.54. The zero-order valence-corrected chi connectivity index (χ0v) is 20.7. The van der Waals surface area contributed by atoms with Gasteiger partial charge in [0.25, 0.3) is 0 Å². The minimum atomic E-state index is -5.36. The summed E-state index contributed by atoms with van der Waals surface area (Å²) in [7, 11) is 1.15. The maximum Gasteiger partial charge on any atom is 0.573 e. The van der Waals surface area contributed by atoms with E-state index in [0.29, 0.717) is 12.1 Å². The summed E-state index contributed by atoms with van der Waals surface area (Å²) in [6.45, 7) is -0.652. The first kappa shape index (κ1) is 29.7. The Morgan fingerprint density at radius 1 is 0.610 bits per heavy atom. The third-order valence-corrected chi connectivity index (χ3v) is 5.82. The molecule has 0 aliphatic carbocycles. The maximum absolute atomic E-state index is 15.0. The summed E-state index contributed by atoms with van der Waals surface area (Å²) in [5.41, 5.74) is -1.50. The summed E-state index contributed by atoms with van der Waals surface area (Å²) in [6, 6.07) is 10.4. The molecule has 0 fully saturated rings. The van der Waals surface area contributed by atoms with Crippen LogP contribution in [0.3, 0.4) is 0 Å². The van der Waals surface area contributed by atoms with E-state index < -0.39 is 76.1 Å². The van der Waals surface area contributed by atoms with Crippen LogP contribution in [0.1, 0.15) is 5.56 Å². The van der Waals surface area contributed by atoms with Crippen molar-refractivity contribution >= 4 is 5.83 Å². The van der Waals surface area contributed by atoms with Gasteiger partial charge in [0, 0.05) is 29.4 Å². The Balaban J connectivity index is 1.63. The Bertz CT molecular complexity index is 1620. The van der Waals surface area contributed by atoms with E-state index in [1.165, 1.54) is 18.2 Å². The van der Waals surface area contributed by atoms with Crippen LogP contribution in [-0.2, 0) is 4.74 Å². The predicted octanol–water partition coefficient (Wildman–Crippen LogP) is 9.54. The predicted molar refractivity (Wildman–Crippen MR) is 130 cm³/mol. The van der Waals surface area contributed by atoms with Crippen LogP contribution in [-0.4, -0.2) is 20.1 Å². The molecule has 0 radical (unpaired) electrons. The maximum atomic E-state index is 15.0. The van der Waals surface area contributed by atoms with Gasteiger partial charge in [0.2, 0.25) is 5.75 Å². The van der Waals surface area contributed by atoms with Gasteiger partial charge < -0.3 is 9.47 Å². The average molecular weight is 586 g/mol. The van der Waals surface area contributed by atoms with Gasteiger partial charge in [0.05, 0.1) is 0 Å². The standard InChI is InChI=1S/C29H16F10O2/c1-40-13-26(35)27(36)16-4-7-19(23(32)10-16)14-2-5-18(21(30)8-14)15-3-6-20(22(31)9-15)17-11-24(33)28(25(34)12-17)41-29(37,38)39/h2-12H,13H2,1H3/b27-26+. The molecule has 0 saturated heterocycles. The van der Waals surface area contributed by atoms with Gasteiger partial charge in [-0.15, -0.1) is 13.2 Å². The van der Waals surface area contributed by atoms with Gasteiger partial charge in [-0.1, -0.05) is 36.4 Å². The molecule has 0 bridgehead atoms. The Kier molecular flexibility index (Phi) is 8.43. The summed E-state index contributed by atoms with van der Waals surface area (Å²) in [5.74, 6) is -10.7. The zero-order chi connectivity index (χ0) is 30.1. The zero-order valence-electron chi connectivity index (χ0n) is 20.7. The van der Waals surface area contributed by atoms with Gasteiger partial charge >= 0.3 is 6.36 Å². The van der Waals surface area contributed by atoms with E-state index >= 15 is 4.39 Å². The van der Waals surface area contributed by atoms with Gasteiger partial charge in [0.15, 0.2) is 23.3 Å². The highest BCUT2D eigenvalue weighted by Gasteiger charge is 2.34. The van der Waals surface area contributed by atoms with Crippen molar-refractivity contribution in [2.75, 3.05) is 13.7 Å². The highest BCUT2D eigenvalue weighted by molar-refractivity contribution is 5.75. The summed E-state index contributed by atoms with van der Waals surface area (Å²) in [4.78, 5) is 0. The van der Waals surface area contributed by atoms with Gasteiger partial charge in [-0.25, -0.2) is 30.7 Å². The molecule has 0 aliphatic heterocycles. The van der Waals surface area contributed by atoms with Crippen LogP contribution < -0.4 is 4.74 Å². The number of alkyl halides is 3. The Morgan fingerprint density at radius 2 is 1.05 bits per heavy atom. The van der Waals surface area contributed by atoms with E-state index in [9.17, 15) is 39.5 Å². The van der Waals surface area contributed by atoms with E-state index in [1.807, 2.05) is 0 Å². The minimum absolute atomic E-state index is 0.0232. The smallest absolute Gasteiger partial charge is 0.399 e. The van der Waals surface area contributed by atoms with E-state index in [4.69, 9.17) is 0 Å². The monoisotopic (exact) mass is 586 g/mol. The van der Waals surface area contributed by atoms with Crippen molar-refractivity contribution < 1.29 is 53.4 Å². The second-order valence-corrected chi connectivity index (χ2v) is 8.55. The number of hydrogen-bond donors (Lipinski definition) is 0. The van der Waals surface area contributed by atoms with Crippen molar-refractivity contribution in [1.82, 2.24) is 0 Å². The lowest BCUT2D eigenvalue weighted by Gasteiger charge is -2.13. The van der Waals surface area contributed by atoms with E-state index in [0.717, 1.165) is 43.5 Å². The van der Waals surface area contributed by atoms with Crippen LogP contribution in [0.2, 0.25) is 0 Å². The normalized spacial score (nSPS) is 12.4. The molecule has 0 unspecified atom stereocenters. The molecule has 4 aromatic rings. The Labute approximate surface area is 226 Å². The molecule has 41 heavy (non-hydrogen) atoms. The summed E-state index contributed by atoms with van der Waals surface area (Å²) < 4.78 is 145. The quantitative estimate of drug-likeness (QED) is 0.201. The number of benzene rings is 4. The lowest BCUT2D eigenvalue weighted by Crippen LogP contribution is -2.19. The van der Waals surface area contributed by atoms with Crippen LogP contribution in [0.4, 0.5) is 43.9 Å². The van der Waals surface area contributed by atoms with Gasteiger partial charge in [-0.3, -0.25) is 0 Å². The average Bonchev–Trinajstić information content (AvgIpc) is 2.89. The van der Waals surface area contributed by atoms with Crippen molar-refractivity contribution in [1.29, 1.82) is 0 Å². The first-order valence-corrected chi connectivity index (χ1v) is 11.5. The molecule has 4 rings (SSSR count). The van der Waals surface area contributed by atoms with E-state index in [2.05, 4.69) is 9.47 Å². The van der Waals surface area contributed by atoms with Gasteiger partial charge in [-0.2, -0.15) is 0 Å². The number of rotatable bonds is 7. The molecule has 4 aromatic carbocycles.